The van der Waals surface area contributed by atoms with Gasteiger partial charge in [-0.3, -0.25) is 15.0 Å². The van der Waals surface area contributed by atoms with Crippen LogP contribution in [0.1, 0.15) is 37.7 Å². The lowest BCUT2D eigenvalue weighted by atomic mass is 9.87. The molecule has 11 heteroatoms. The van der Waals surface area contributed by atoms with Crippen LogP contribution >= 0.6 is 0 Å². The summed E-state index contributed by atoms with van der Waals surface area (Å²) >= 11 is 0. The van der Waals surface area contributed by atoms with Crippen molar-refractivity contribution in [2.24, 2.45) is 21.5 Å². The average molecular weight is 370 g/mol. The van der Waals surface area contributed by atoms with E-state index in [9.17, 15) is 23.3 Å². The average Bonchev–Trinajstić information content (AvgIpc) is 2.53. The molecule has 1 saturated carbocycles. The highest BCUT2D eigenvalue weighted by molar-refractivity contribution is 6.06. The van der Waals surface area contributed by atoms with Crippen molar-refractivity contribution < 1.29 is 18.1 Å². The van der Waals surface area contributed by atoms with Crippen molar-refractivity contribution in [3.63, 3.8) is 0 Å². The van der Waals surface area contributed by atoms with Crippen molar-refractivity contribution in [3.8, 4) is 0 Å². The van der Waals surface area contributed by atoms with Crippen molar-refractivity contribution in [2.75, 3.05) is 4.90 Å². The fraction of sp³-hybridized carbons (Fsp3) is 0.467. The molecule has 1 aliphatic carbocycles. The molecule has 8 nitrogen and oxygen atoms in total. The predicted octanol–water partition coefficient (Wildman–Crippen LogP) is 2.72. The van der Waals surface area contributed by atoms with Crippen molar-refractivity contribution >= 4 is 23.3 Å². The van der Waals surface area contributed by atoms with Crippen molar-refractivity contribution in [2.45, 2.75) is 43.9 Å². The smallest absolute Gasteiger partial charge is 0.369 e. The Morgan fingerprint density at radius 3 is 2.42 bits per heavy atom. The molecule has 26 heavy (non-hydrogen) atoms. The van der Waals surface area contributed by atoms with Crippen LogP contribution in [0.2, 0.25) is 0 Å². The lowest BCUT2D eigenvalue weighted by Gasteiger charge is -2.46. The van der Waals surface area contributed by atoms with E-state index in [1.807, 2.05) is 0 Å². The van der Waals surface area contributed by atoms with Gasteiger partial charge in [0.25, 0.3) is 5.69 Å². The number of aliphatic imine (C=N–C) groups is 2. The maximum atomic E-state index is 13.6. The van der Waals surface area contributed by atoms with Crippen molar-refractivity contribution in [1.82, 2.24) is 0 Å². The molecule has 4 N–H and O–H groups in total. The molecule has 0 bridgehead atoms. The molecule has 2 aliphatic rings. The number of benzene rings is 1. The number of nitrogens with zero attached hydrogens (tertiary/aromatic N) is 4. The number of nitro groups is 1. The van der Waals surface area contributed by atoms with Crippen LogP contribution in [0.4, 0.5) is 24.5 Å². The molecule has 3 rings (SSSR count). The third kappa shape index (κ3) is 3.04. The van der Waals surface area contributed by atoms with Gasteiger partial charge in [0.05, 0.1) is 16.2 Å². The zero-order valence-corrected chi connectivity index (χ0v) is 13.7. The largest absolute Gasteiger partial charge is 0.418 e. The normalized spacial score (nSPS) is 19.9. The van der Waals surface area contributed by atoms with E-state index >= 15 is 0 Å². The Balaban J connectivity index is 2.20. The summed E-state index contributed by atoms with van der Waals surface area (Å²) in [5, 5.41) is 10.9. The minimum atomic E-state index is -4.82. The Morgan fingerprint density at radius 1 is 1.19 bits per heavy atom. The van der Waals surface area contributed by atoms with Crippen LogP contribution in [0, 0.1) is 10.1 Å². The first kappa shape index (κ1) is 18.0. The van der Waals surface area contributed by atoms with E-state index < -0.39 is 28.0 Å². The van der Waals surface area contributed by atoms with Gasteiger partial charge in [-0.05, 0) is 31.7 Å². The quantitative estimate of drug-likeness (QED) is 0.612. The molecule has 0 radical (unpaired) electrons. The molecule has 1 fully saturated rings. The van der Waals surface area contributed by atoms with Crippen LogP contribution in [0.5, 0.6) is 0 Å². The molecule has 1 heterocycles. The number of alkyl halides is 3. The maximum absolute atomic E-state index is 13.6. The Hall–Kier alpha value is -2.85. The first-order chi connectivity index (χ1) is 12.1. The Labute approximate surface area is 146 Å². The van der Waals surface area contributed by atoms with Gasteiger partial charge in [-0.15, -0.1) is 0 Å². The number of guanidine groups is 2. The van der Waals surface area contributed by atoms with Crippen LogP contribution in [0.3, 0.4) is 0 Å². The summed E-state index contributed by atoms with van der Waals surface area (Å²) in [5.41, 5.74) is 8.43. The van der Waals surface area contributed by atoms with Gasteiger partial charge in [-0.25, -0.2) is 4.99 Å². The summed E-state index contributed by atoms with van der Waals surface area (Å²) in [6.07, 6.45) is -1.49. The number of halogens is 3. The monoisotopic (exact) mass is 370 g/mol. The molecule has 0 atom stereocenters. The molecule has 1 aromatic rings. The molecule has 1 aromatic carbocycles. The van der Waals surface area contributed by atoms with Gasteiger partial charge in [0.2, 0.25) is 11.9 Å². The fourth-order valence-corrected chi connectivity index (χ4v) is 3.53. The molecule has 1 spiro atoms. The van der Waals surface area contributed by atoms with E-state index in [0.29, 0.717) is 18.9 Å². The Bertz CT molecular complexity index is 799. The topological polar surface area (TPSA) is 123 Å². The number of hydrogen-bond acceptors (Lipinski definition) is 7. The predicted molar refractivity (Wildman–Crippen MR) is 89.6 cm³/mol. The van der Waals surface area contributed by atoms with Crippen molar-refractivity contribution in [1.29, 1.82) is 0 Å². The zero-order chi connectivity index (χ0) is 19.1. The Morgan fingerprint density at radius 2 is 1.85 bits per heavy atom. The fourth-order valence-electron chi connectivity index (χ4n) is 3.53. The highest BCUT2D eigenvalue weighted by Gasteiger charge is 2.46. The van der Waals surface area contributed by atoms with Gasteiger partial charge in [0, 0.05) is 12.1 Å². The molecular weight excluding hydrogens is 353 g/mol. The molecular formula is C15H17F3N6O2. The van der Waals surface area contributed by atoms with Crippen LogP contribution < -0.4 is 16.4 Å². The SMILES string of the molecule is NC1=NC2(CCCCC2)N(c2ccc([N+](=O)[O-])cc2C(F)(F)F)C(N)=N1. The first-order valence-electron chi connectivity index (χ1n) is 7.99. The third-order valence-corrected chi connectivity index (χ3v) is 4.59. The summed E-state index contributed by atoms with van der Waals surface area (Å²) in [4.78, 5) is 19.4. The van der Waals surface area contributed by atoms with E-state index in [2.05, 4.69) is 9.98 Å². The minimum Gasteiger partial charge on any atom is -0.369 e. The highest BCUT2D eigenvalue weighted by atomic mass is 19.4. The van der Waals surface area contributed by atoms with Gasteiger partial charge in [-0.1, -0.05) is 6.42 Å². The van der Waals surface area contributed by atoms with Crippen molar-refractivity contribution in [3.05, 3.63) is 33.9 Å². The number of anilines is 1. The lowest BCUT2D eigenvalue weighted by Crippen LogP contribution is -2.58. The van der Waals surface area contributed by atoms with Gasteiger partial charge < -0.3 is 11.5 Å². The molecule has 0 unspecified atom stereocenters. The van der Waals surface area contributed by atoms with Gasteiger partial charge in [-0.2, -0.15) is 18.2 Å². The van der Waals surface area contributed by atoms with Crippen LogP contribution in [0.25, 0.3) is 0 Å². The molecule has 0 saturated heterocycles. The number of hydrogen-bond donors (Lipinski definition) is 2. The van der Waals surface area contributed by atoms with Crippen LogP contribution in [0.15, 0.2) is 28.2 Å². The Kier molecular flexibility index (Phi) is 4.24. The van der Waals surface area contributed by atoms with Crippen LogP contribution in [-0.2, 0) is 6.18 Å². The number of nitro benzene ring substituents is 1. The second-order valence-electron chi connectivity index (χ2n) is 6.27. The van der Waals surface area contributed by atoms with Crippen LogP contribution in [-0.4, -0.2) is 22.5 Å². The second kappa shape index (κ2) is 6.15. The molecule has 0 amide bonds. The molecule has 0 aromatic heterocycles. The number of nitrogens with two attached hydrogens (primary N) is 2. The van der Waals surface area contributed by atoms with E-state index in [4.69, 9.17) is 11.5 Å². The standard InChI is InChI=1S/C15H17F3N6O2/c16-15(17,18)10-8-9(24(25)26)4-5-11(10)23-13(20)21-12(19)22-14(23)6-2-1-3-7-14/h4-5,8H,1-3,6-7H2,(H4,19,20,21,22). The molecule has 140 valence electrons. The molecule has 1 aliphatic heterocycles. The van der Waals surface area contributed by atoms with E-state index in [1.165, 1.54) is 4.90 Å². The summed E-state index contributed by atoms with van der Waals surface area (Å²) < 4.78 is 40.8. The van der Waals surface area contributed by atoms with Gasteiger partial charge in [0.15, 0.2) is 0 Å². The zero-order valence-electron chi connectivity index (χ0n) is 13.7. The lowest BCUT2D eigenvalue weighted by molar-refractivity contribution is -0.385. The summed E-state index contributed by atoms with van der Waals surface area (Å²) in [5.74, 6) is -0.296. The highest BCUT2D eigenvalue weighted by Crippen LogP contribution is 2.45. The van der Waals surface area contributed by atoms with E-state index in [1.54, 1.807) is 0 Å². The minimum absolute atomic E-state index is 0.0869. The van der Waals surface area contributed by atoms with Gasteiger partial charge >= 0.3 is 6.18 Å². The van der Waals surface area contributed by atoms with Gasteiger partial charge in [0.1, 0.15) is 5.66 Å². The van der Waals surface area contributed by atoms with E-state index in [-0.39, 0.29) is 17.6 Å². The second-order valence-corrected chi connectivity index (χ2v) is 6.27. The third-order valence-electron chi connectivity index (χ3n) is 4.59. The summed E-state index contributed by atoms with van der Waals surface area (Å²) in [6, 6.07) is 2.55. The first-order valence-corrected chi connectivity index (χ1v) is 7.99. The number of rotatable bonds is 2. The van der Waals surface area contributed by atoms with E-state index in [0.717, 1.165) is 31.4 Å². The summed E-state index contributed by atoms with van der Waals surface area (Å²) in [6.45, 7) is 0. The summed E-state index contributed by atoms with van der Waals surface area (Å²) in [7, 11) is 0. The maximum Gasteiger partial charge on any atom is 0.418 e. The number of non-ortho nitro benzene ring substituents is 1.